The number of anilines is 1. The molecule has 9 heteroatoms. The summed E-state index contributed by atoms with van der Waals surface area (Å²) >= 11 is 1.37. The standard InChI is InChI=1S/C34H36N6O2S/c1-22-10-8-11-23(2)31(22)28-17-30-37-33(36-28)38-43-27-13-9-12-24(16-27)32(41)39(26(21-42-30)18-34(3,4)5)20-25-19-35-40-15-7-6-14-29(25)40/h6-17,19,26H,18,20-21H2,1-5H3,(H,36,37,38). The Hall–Kier alpha value is -4.37. The molecule has 8 nitrogen and oxygen atoms in total. The maximum atomic E-state index is 14.4. The summed E-state index contributed by atoms with van der Waals surface area (Å²) < 4.78 is 11.6. The average Bonchev–Trinajstić information content (AvgIpc) is 3.39. The Labute approximate surface area is 256 Å². The number of rotatable bonds is 4. The second kappa shape index (κ2) is 11.7. The minimum atomic E-state index is -0.238. The predicted molar refractivity (Wildman–Crippen MR) is 171 cm³/mol. The van der Waals surface area contributed by atoms with Gasteiger partial charge in [-0.3, -0.25) is 9.52 Å². The van der Waals surface area contributed by atoms with Crippen LogP contribution in [0.1, 0.15) is 54.2 Å². The minimum Gasteiger partial charge on any atom is -0.475 e. The zero-order valence-electron chi connectivity index (χ0n) is 25.2. The second-order valence-corrected chi connectivity index (χ2v) is 13.2. The molecular weight excluding hydrogens is 556 g/mol. The molecule has 1 aliphatic heterocycles. The van der Waals surface area contributed by atoms with Crippen LogP contribution in [0, 0.1) is 19.3 Å². The van der Waals surface area contributed by atoms with Gasteiger partial charge in [-0.05, 0) is 79.1 Å². The Morgan fingerprint density at radius 2 is 1.79 bits per heavy atom. The first kappa shape index (κ1) is 28.7. The van der Waals surface area contributed by atoms with Crippen LogP contribution >= 0.6 is 11.9 Å². The highest BCUT2D eigenvalue weighted by Crippen LogP contribution is 2.32. The largest absolute Gasteiger partial charge is 0.475 e. The van der Waals surface area contributed by atoms with E-state index in [1.54, 1.807) is 0 Å². The molecule has 1 unspecified atom stereocenters. The lowest BCUT2D eigenvalue weighted by molar-refractivity contribution is 0.0514. The zero-order chi connectivity index (χ0) is 30.1. The summed E-state index contributed by atoms with van der Waals surface area (Å²) in [6, 6.07) is 21.5. The topological polar surface area (TPSA) is 84.7 Å². The third-order valence-corrected chi connectivity index (χ3v) is 8.38. The van der Waals surface area contributed by atoms with E-state index in [4.69, 9.17) is 14.7 Å². The number of hydrogen-bond donors (Lipinski definition) is 1. The normalized spacial score (nSPS) is 15.7. The fourth-order valence-electron chi connectivity index (χ4n) is 5.66. The molecule has 2 aromatic carbocycles. The van der Waals surface area contributed by atoms with Gasteiger partial charge in [-0.2, -0.15) is 10.1 Å². The van der Waals surface area contributed by atoms with Crippen molar-refractivity contribution in [1.29, 1.82) is 0 Å². The lowest BCUT2D eigenvalue weighted by atomic mass is 9.87. The molecule has 3 aromatic heterocycles. The van der Waals surface area contributed by atoms with Crippen molar-refractivity contribution >= 4 is 29.3 Å². The number of carbonyl (C=O) groups excluding carboxylic acids is 1. The molecule has 4 heterocycles. The van der Waals surface area contributed by atoms with Crippen LogP contribution in [0.4, 0.5) is 5.95 Å². The monoisotopic (exact) mass is 592 g/mol. The number of nitrogens with zero attached hydrogens (tertiary/aromatic N) is 5. The second-order valence-electron chi connectivity index (χ2n) is 12.3. The van der Waals surface area contributed by atoms with Gasteiger partial charge in [0.05, 0.1) is 30.0 Å². The van der Waals surface area contributed by atoms with Crippen LogP contribution in [-0.4, -0.2) is 43.0 Å². The SMILES string of the molecule is Cc1cccc(C)c1-c1cc2nc(n1)NSc1cccc(c1)C(=O)N(Cc1cnn3ccccc13)C(CC(C)(C)C)CO2. The van der Waals surface area contributed by atoms with Crippen LogP contribution in [0.25, 0.3) is 16.8 Å². The molecule has 0 fully saturated rings. The molecule has 4 bridgehead atoms. The van der Waals surface area contributed by atoms with Gasteiger partial charge in [-0.1, -0.05) is 51.1 Å². The molecule has 1 N–H and O–H groups in total. The van der Waals surface area contributed by atoms with Crippen LogP contribution in [0.5, 0.6) is 5.88 Å². The predicted octanol–water partition coefficient (Wildman–Crippen LogP) is 7.37. The number of amides is 1. The number of carbonyl (C=O) groups is 1. The molecule has 5 aromatic rings. The fraction of sp³-hybridized carbons (Fsp3) is 0.294. The number of ether oxygens (including phenoxy) is 1. The number of aromatic nitrogens is 4. The van der Waals surface area contributed by atoms with Crippen molar-refractivity contribution in [2.24, 2.45) is 5.41 Å². The molecule has 220 valence electrons. The highest BCUT2D eigenvalue weighted by molar-refractivity contribution is 8.00. The van der Waals surface area contributed by atoms with E-state index in [1.807, 2.05) is 70.3 Å². The Kier molecular flexibility index (Phi) is 7.83. The number of hydrogen-bond acceptors (Lipinski definition) is 7. The molecule has 1 amide bonds. The first-order valence-electron chi connectivity index (χ1n) is 14.5. The van der Waals surface area contributed by atoms with Crippen molar-refractivity contribution in [1.82, 2.24) is 24.5 Å². The fourth-order valence-corrected chi connectivity index (χ4v) is 6.29. The van der Waals surface area contributed by atoms with Crippen molar-refractivity contribution in [2.75, 3.05) is 11.3 Å². The molecule has 0 saturated carbocycles. The molecule has 6 rings (SSSR count). The van der Waals surface area contributed by atoms with Crippen molar-refractivity contribution < 1.29 is 9.53 Å². The van der Waals surface area contributed by atoms with Crippen molar-refractivity contribution in [3.63, 3.8) is 0 Å². The number of benzene rings is 2. The number of aryl methyl sites for hydroxylation is 2. The summed E-state index contributed by atoms with van der Waals surface area (Å²) in [5.41, 5.74) is 6.61. The van der Waals surface area contributed by atoms with E-state index in [1.165, 1.54) is 11.9 Å². The van der Waals surface area contributed by atoms with Gasteiger partial charge in [0.25, 0.3) is 5.91 Å². The summed E-state index contributed by atoms with van der Waals surface area (Å²) in [5.74, 6) is 0.861. The number of pyridine rings is 1. The van der Waals surface area contributed by atoms with E-state index in [0.717, 1.165) is 44.8 Å². The van der Waals surface area contributed by atoms with Gasteiger partial charge in [0, 0.05) is 33.8 Å². The van der Waals surface area contributed by atoms with E-state index in [-0.39, 0.29) is 24.0 Å². The molecule has 0 saturated heterocycles. The van der Waals surface area contributed by atoms with E-state index in [9.17, 15) is 4.79 Å². The maximum absolute atomic E-state index is 14.4. The molecule has 0 spiro atoms. The lowest BCUT2D eigenvalue weighted by Gasteiger charge is -2.35. The molecular formula is C34H36N6O2S. The van der Waals surface area contributed by atoms with Crippen LogP contribution in [0.2, 0.25) is 0 Å². The van der Waals surface area contributed by atoms with Crippen LogP contribution in [0.3, 0.4) is 0 Å². The zero-order valence-corrected chi connectivity index (χ0v) is 26.0. The highest BCUT2D eigenvalue weighted by atomic mass is 32.2. The molecule has 1 aliphatic rings. The molecule has 0 radical (unpaired) electrons. The van der Waals surface area contributed by atoms with E-state index >= 15 is 0 Å². The van der Waals surface area contributed by atoms with Crippen LogP contribution in [0.15, 0.2) is 84.0 Å². The average molecular weight is 593 g/mol. The first-order chi connectivity index (χ1) is 20.6. The summed E-state index contributed by atoms with van der Waals surface area (Å²) in [5, 5.41) is 4.54. The summed E-state index contributed by atoms with van der Waals surface area (Å²) in [4.78, 5) is 26.8. The van der Waals surface area contributed by atoms with Gasteiger partial charge < -0.3 is 9.64 Å². The van der Waals surface area contributed by atoms with Gasteiger partial charge >= 0.3 is 0 Å². The van der Waals surface area contributed by atoms with Gasteiger partial charge in [0.1, 0.15) is 6.61 Å². The molecule has 1 atom stereocenters. The van der Waals surface area contributed by atoms with Crippen molar-refractivity contribution in [3.8, 4) is 17.1 Å². The Morgan fingerprint density at radius 3 is 2.58 bits per heavy atom. The Balaban J connectivity index is 1.46. The number of nitrogens with one attached hydrogen (secondary N) is 1. The molecule has 0 aliphatic carbocycles. The van der Waals surface area contributed by atoms with E-state index in [2.05, 4.69) is 62.6 Å². The Bertz CT molecular complexity index is 1770. The highest BCUT2D eigenvalue weighted by Gasteiger charge is 2.31. The van der Waals surface area contributed by atoms with Gasteiger partial charge in [-0.15, -0.1) is 0 Å². The van der Waals surface area contributed by atoms with Crippen LogP contribution < -0.4 is 9.46 Å². The van der Waals surface area contributed by atoms with E-state index < -0.39 is 0 Å². The van der Waals surface area contributed by atoms with Gasteiger partial charge in [0.15, 0.2) is 0 Å². The minimum absolute atomic E-state index is 0.0520. The summed E-state index contributed by atoms with van der Waals surface area (Å²) in [6.45, 7) is 11.4. The summed E-state index contributed by atoms with van der Waals surface area (Å²) in [6.07, 6.45) is 4.50. The number of fused-ring (bicyclic) bond motifs is 5. The Morgan fingerprint density at radius 1 is 1.00 bits per heavy atom. The maximum Gasteiger partial charge on any atom is 0.254 e. The van der Waals surface area contributed by atoms with E-state index in [0.29, 0.717) is 23.9 Å². The van der Waals surface area contributed by atoms with Gasteiger partial charge in [0.2, 0.25) is 11.8 Å². The van der Waals surface area contributed by atoms with Crippen LogP contribution in [-0.2, 0) is 6.54 Å². The molecule has 43 heavy (non-hydrogen) atoms. The van der Waals surface area contributed by atoms with Gasteiger partial charge in [-0.25, -0.2) is 9.50 Å². The third-order valence-electron chi connectivity index (χ3n) is 7.60. The quantitative estimate of drug-likeness (QED) is 0.218. The smallest absolute Gasteiger partial charge is 0.254 e. The third kappa shape index (κ3) is 6.37. The first-order valence-corrected chi connectivity index (χ1v) is 15.3. The lowest BCUT2D eigenvalue weighted by Crippen LogP contribution is -2.45. The summed E-state index contributed by atoms with van der Waals surface area (Å²) in [7, 11) is 0. The van der Waals surface area contributed by atoms with Crippen molar-refractivity contribution in [3.05, 3.63) is 101 Å². The van der Waals surface area contributed by atoms with Crippen molar-refractivity contribution in [2.45, 2.75) is 58.5 Å².